The second-order valence-corrected chi connectivity index (χ2v) is 6.44. The first-order valence-electron chi connectivity index (χ1n) is 7.01. The fraction of sp³-hybridized carbons (Fsp3) is 0.357. The Morgan fingerprint density at radius 2 is 2.04 bits per heavy atom. The molecule has 24 heavy (non-hydrogen) atoms. The van der Waals surface area contributed by atoms with Gasteiger partial charge in [0.25, 0.3) is 5.91 Å². The van der Waals surface area contributed by atoms with Crippen LogP contribution in [0, 0.1) is 0 Å². The fourth-order valence-electron chi connectivity index (χ4n) is 2.37. The minimum absolute atomic E-state index is 0.0642. The minimum Gasteiger partial charge on any atom is -0.343 e. The van der Waals surface area contributed by atoms with Crippen LogP contribution < -0.4 is 5.32 Å². The summed E-state index contributed by atoms with van der Waals surface area (Å²) in [4.78, 5) is 12.8. The van der Waals surface area contributed by atoms with Crippen molar-refractivity contribution in [3.63, 3.8) is 0 Å². The molecule has 0 aromatic carbocycles. The van der Waals surface area contributed by atoms with Crippen molar-refractivity contribution >= 4 is 27.5 Å². The van der Waals surface area contributed by atoms with Gasteiger partial charge in [0.1, 0.15) is 4.83 Å². The van der Waals surface area contributed by atoms with Crippen LogP contribution in [0.4, 0.5) is 13.2 Å². The van der Waals surface area contributed by atoms with Crippen LogP contribution in [0.1, 0.15) is 34.0 Å². The highest BCUT2D eigenvalue weighted by Gasteiger charge is 2.37. The van der Waals surface area contributed by atoms with E-state index in [0.717, 1.165) is 16.0 Å². The summed E-state index contributed by atoms with van der Waals surface area (Å²) in [6.45, 7) is 1.76. The van der Waals surface area contributed by atoms with E-state index in [0.29, 0.717) is 10.5 Å². The lowest BCUT2D eigenvalue weighted by Gasteiger charge is -2.10. The predicted octanol–water partition coefficient (Wildman–Crippen LogP) is 2.88. The van der Waals surface area contributed by atoms with Crippen molar-refractivity contribution in [2.75, 3.05) is 0 Å². The number of rotatable bonds is 3. The van der Waals surface area contributed by atoms with Crippen LogP contribution in [0.2, 0.25) is 0 Å². The van der Waals surface area contributed by atoms with Crippen LogP contribution >= 0.6 is 11.3 Å². The molecule has 0 fully saturated rings. The lowest BCUT2D eigenvalue weighted by atomic mass is 10.2. The average Bonchev–Trinajstić information content (AvgIpc) is 3.14. The Labute approximate surface area is 138 Å². The molecule has 0 unspecified atom stereocenters. The highest BCUT2D eigenvalue weighted by Crippen LogP contribution is 2.37. The number of aryl methyl sites for hydroxylation is 2. The monoisotopic (exact) mass is 357 g/mol. The third-order valence-corrected chi connectivity index (χ3v) is 4.73. The quantitative estimate of drug-likeness (QED) is 0.784. The summed E-state index contributed by atoms with van der Waals surface area (Å²) in [7, 11) is 3.18. The van der Waals surface area contributed by atoms with E-state index >= 15 is 0 Å². The molecule has 0 radical (unpaired) electrons. The number of hydrogen-bond acceptors (Lipinski definition) is 4. The van der Waals surface area contributed by atoms with Gasteiger partial charge in [-0.3, -0.25) is 14.2 Å². The minimum atomic E-state index is -4.56. The Morgan fingerprint density at radius 1 is 1.33 bits per heavy atom. The van der Waals surface area contributed by atoms with Gasteiger partial charge in [-0.05, 0) is 19.1 Å². The Hall–Kier alpha value is -2.36. The van der Waals surface area contributed by atoms with Crippen LogP contribution in [0.3, 0.4) is 0 Å². The summed E-state index contributed by atoms with van der Waals surface area (Å²) in [6.07, 6.45) is -2.81. The maximum atomic E-state index is 13.0. The van der Waals surface area contributed by atoms with Crippen molar-refractivity contribution in [3.8, 4) is 0 Å². The molecule has 6 nitrogen and oxygen atoms in total. The number of nitrogens with one attached hydrogen (secondary N) is 1. The molecule has 0 aliphatic carbocycles. The van der Waals surface area contributed by atoms with Gasteiger partial charge in [-0.15, -0.1) is 11.3 Å². The van der Waals surface area contributed by atoms with E-state index in [1.165, 1.54) is 13.1 Å². The topological polar surface area (TPSA) is 64.7 Å². The first-order chi connectivity index (χ1) is 11.2. The maximum Gasteiger partial charge on any atom is 0.435 e. The molecule has 3 heterocycles. The molecule has 1 N–H and O–H groups in total. The molecule has 0 aliphatic rings. The second-order valence-electron chi connectivity index (χ2n) is 5.41. The molecular formula is C14H14F3N5OS. The van der Waals surface area contributed by atoms with Crippen molar-refractivity contribution in [2.45, 2.75) is 19.1 Å². The SMILES string of the molecule is C[C@H](NC(=O)c1cc2c(C(F)(F)F)nn(C)c2s1)c1ccn(C)n1. The lowest BCUT2D eigenvalue weighted by Crippen LogP contribution is -2.26. The zero-order valence-corrected chi connectivity index (χ0v) is 13.9. The number of amides is 1. The number of carbonyl (C=O) groups excluding carboxylic acids is 1. The number of nitrogens with zero attached hydrogens (tertiary/aromatic N) is 4. The molecule has 0 saturated heterocycles. The summed E-state index contributed by atoms with van der Waals surface area (Å²) in [5.41, 5.74) is -0.308. The van der Waals surface area contributed by atoms with Crippen molar-refractivity contribution in [1.82, 2.24) is 24.9 Å². The van der Waals surface area contributed by atoms with Crippen LogP contribution in [-0.4, -0.2) is 25.5 Å². The number of alkyl halides is 3. The Morgan fingerprint density at radius 3 is 2.62 bits per heavy atom. The number of thiophene rings is 1. The molecule has 3 aromatic heterocycles. The van der Waals surface area contributed by atoms with Gasteiger partial charge in [-0.1, -0.05) is 0 Å². The first kappa shape index (κ1) is 16.5. The molecule has 0 spiro atoms. The van der Waals surface area contributed by atoms with Gasteiger partial charge >= 0.3 is 6.18 Å². The van der Waals surface area contributed by atoms with E-state index in [4.69, 9.17) is 0 Å². The zero-order valence-electron chi connectivity index (χ0n) is 13.0. The molecule has 0 saturated carbocycles. The largest absolute Gasteiger partial charge is 0.435 e. The Kier molecular flexibility index (Phi) is 3.86. The molecule has 10 heteroatoms. The number of fused-ring (bicyclic) bond motifs is 1. The molecule has 1 amide bonds. The van der Waals surface area contributed by atoms with Crippen LogP contribution in [0.5, 0.6) is 0 Å². The second kappa shape index (κ2) is 5.62. The Balaban J connectivity index is 1.88. The maximum absolute atomic E-state index is 13.0. The highest BCUT2D eigenvalue weighted by molar-refractivity contribution is 7.20. The normalized spacial score (nSPS) is 13.4. The van der Waals surface area contributed by atoms with Crippen molar-refractivity contribution < 1.29 is 18.0 Å². The summed E-state index contributed by atoms with van der Waals surface area (Å²) in [5.74, 6) is -0.442. The first-order valence-corrected chi connectivity index (χ1v) is 7.82. The van der Waals surface area contributed by atoms with E-state index in [1.807, 2.05) is 0 Å². The van der Waals surface area contributed by atoms with Gasteiger partial charge in [-0.2, -0.15) is 23.4 Å². The van der Waals surface area contributed by atoms with E-state index in [-0.39, 0.29) is 16.3 Å². The van der Waals surface area contributed by atoms with E-state index in [2.05, 4.69) is 15.5 Å². The fourth-order valence-corrected chi connectivity index (χ4v) is 3.34. The average molecular weight is 357 g/mol. The summed E-state index contributed by atoms with van der Waals surface area (Å²) in [5, 5.41) is 10.4. The summed E-state index contributed by atoms with van der Waals surface area (Å²) >= 11 is 0.974. The van der Waals surface area contributed by atoms with E-state index in [1.54, 1.807) is 30.9 Å². The molecule has 3 aromatic rings. The van der Waals surface area contributed by atoms with Gasteiger partial charge < -0.3 is 5.32 Å². The lowest BCUT2D eigenvalue weighted by molar-refractivity contribution is -0.140. The van der Waals surface area contributed by atoms with E-state index in [9.17, 15) is 18.0 Å². The number of hydrogen-bond donors (Lipinski definition) is 1. The van der Waals surface area contributed by atoms with Gasteiger partial charge in [-0.25, -0.2) is 0 Å². The van der Waals surface area contributed by atoms with Crippen molar-refractivity contribution in [3.05, 3.63) is 34.6 Å². The van der Waals surface area contributed by atoms with E-state index < -0.39 is 17.8 Å². The Bertz CT molecular complexity index is 907. The molecule has 0 bridgehead atoms. The van der Waals surface area contributed by atoms with Gasteiger partial charge in [0.05, 0.1) is 16.6 Å². The molecule has 0 aliphatic heterocycles. The number of carbonyl (C=O) groups is 1. The third-order valence-electron chi connectivity index (χ3n) is 3.53. The van der Waals surface area contributed by atoms with Crippen LogP contribution in [0.15, 0.2) is 18.3 Å². The molecular weight excluding hydrogens is 343 g/mol. The summed E-state index contributed by atoms with van der Waals surface area (Å²) in [6, 6.07) is 2.64. The van der Waals surface area contributed by atoms with Crippen LogP contribution in [-0.2, 0) is 20.3 Å². The molecule has 128 valence electrons. The number of halogens is 3. The van der Waals surface area contributed by atoms with Gasteiger partial charge in [0.2, 0.25) is 0 Å². The van der Waals surface area contributed by atoms with Crippen LogP contribution in [0.25, 0.3) is 10.2 Å². The predicted molar refractivity (Wildman–Crippen MR) is 82.7 cm³/mol. The highest BCUT2D eigenvalue weighted by atomic mass is 32.1. The third kappa shape index (κ3) is 2.88. The summed E-state index contributed by atoms with van der Waals surface area (Å²) < 4.78 is 41.7. The molecule has 3 rings (SSSR count). The van der Waals surface area contributed by atoms with Crippen molar-refractivity contribution in [1.29, 1.82) is 0 Å². The standard InChI is InChI=1S/C14H14F3N5OS/c1-7(9-4-5-21(2)19-9)18-12(23)10-6-8-11(14(15,16)17)20-22(3)13(8)24-10/h4-7H,1-3H3,(H,18,23)/t7-/m0/s1. The van der Waals surface area contributed by atoms with Gasteiger partial charge in [0, 0.05) is 25.7 Å². The number of aromatic nitrogens is 4. The molecule has 1 atom stereocenters. The zero-order chi connectivity index (χ0) is 17.6. The van der Waals surface area contributed by atoms with Gasteiger partial charge in [0.15, 0.2) is 5.69 Å². The smallest absolute Gasteiger partial charge is 0.343 e. The van der Waals surface area contributed by atoms with Crippen molar-refractivity contribution in [2.24, 2.45) is 14.1 Å².